The zero-order chi connectivity index (χ0) is 27.6. The normalized spacial score (nSPS) is 25.7. The molecule has 0 bridgehead atoms. The molecule has 0 spiro atoms. The summed E-state index contributed by atoms with van der Waals surface area (Å²) in [5, 5.41) is 51.4. The van der Waals surface area contributed by atoms with Crippen molar-refractivity contribution in [3.63, 3.8) is 0 Å². The molecule has 11 nitrogen and oxygen atoms in total. The van der Waals surface area contributed by atoms with Gasteiger partial charge in [0.1, 0.15) is 47.9 Å². The third-order valence-corrected chi connectivity index (χ3v) is 6.71. The van der Waals surface area contributed by atoms with Crippen LogP contribution < -0.4 is 10.4 Å². The lowest BCUT2D eigenvalue weighted by atomic mass is 9.95. The van der Waals surface area contributed by atoms with Crippen molar-refractivity contribution in [2.45, 2.75) is 76.0 Å². The Morgan fingerprint density at radius 1 is 1.08 bits per heavy atom. The van der Waals surface area contributed by atoms with Crippen molar-refractivity contribution in [3.05, 3.63) is 52.6 Å². The Balaban J connectivity index is 1.37. The van der Waals surface area contributed by atoms with Gasteiger partial charge in [0.2, 0.25) is 0 Å². The second-order valence-corrected chi connectivity index (χ2v) is 10.1. The quantitative estimate of drug-likeness (QED) is 0.189. The maximum Gasteiger partial charge on any atom is 0.336 e. The van der Waals surface area contributed by atoms with Crippen LogP contribution in [0.2, 0.25) is 0 Å². The van der Waals surface area contributed by atoms with E-state index in [0.717, 1.165) is 11.0 Å². The van der Waals surface area contributed by atoms with Crippen LogP contribution in [0.3, 0.4) is 0 Å². The number of aliphatic hydroxyl groups is 5. The average Bonchev–Trinajstić information content (AvgIpc) is 3.32. The molecule has 1 fully saturated rings. The number of fused-ring (bicyclic) bond motifs is 2. The Morgan fingerprint density at radius 3 is 2.55 bits per heavy atom. The summed E-state index contributed by atoms with van der Waals surface area (Å²) in [6.07, 6.45) is -3.65. The van der Waals surface area contributed by atoms with E-state index >= 15 is 0 Å². The molecule has 38 heavy (non-hydrogen) atoms. The van der Waals surface area contributed by atoms with Crippen LogP contribution in [0.1, 0.15) is 33.6 Å². The van der Waals surface area contributed by atoms with Gasteiger partial charge < -0.3 is 48.6 Å². The smallest absolute Gasteiger partial charge is 0.336 e. The lowest BCUT2D eigenvalue weighted by Crippen LogP contribution is -2.59. The second kappa shape index (κ2) is 11.5. The van der Waals surface area contributed by atoms with E-state index in [-0.39, 0.29) is 13.2 Å². The van der Waals surface area contributed by atoms with Gasteiger partial charge in [-0.1, -0.05) is 5.57 Å². The summed E-state index contributed by atoms with van der Waals surface area (Å²) in [7, 11) is 0. The molecule has 5 N–H and O–H groups in total. The first-order valence-corrected chi connectivity index (χ1v) is 12.4. The molecule has 0 amide bonds. The number of hydrogen-bond donors (Lipinski definition) is 5. The van der Waals surface area contributed by atoms with Crippen molar-refractivity contribution >= 4 is 21.9 Å². The van der Waals surface area contributed by atoms with Crippen molar-refractivity contribution in [1.29, 1.82) is 0 Å². The van der Waals surface area contributed by atoms with E-state index in [4.69, 9.17) is 23.0 Å². The molecule has 1 saturated heterocycles. The van der Waals surface area contributed by atoms with Crippen LogP contribution in [-0.4, -0.2) is 81.2 Å². The predicted octanol–water partition coefficient (Wildman–Crippen LogP) is 1.60. The van der Waals surface area contributed by atoms with Gasteiger partial charge in [-0.3, -0.25) is 0 Å². The van der Waals surface area contributed by atoms with Gasteiger partial charge in [0.15, 0.2) is 6.29 Å². The minimum atomic E-state index is -1.66. The van der Waals surface area contributed by atoms with Gasteiger partial charge in [0.05, 0.1) is 35.3 Å². The molecule has 0 aliphatic carbocycles. The van der Waals surface area contributed by atoms with Gasteiger partial charge in [-0.25, -0.2) is 4.79 Å². The molecule has 1 aliphatic heterocycles. The highest BCUT2D eigenvalue weighted by Gasteiger charge is 2.43. The molecule has 0 radical (unpaired) electrons. The van der Waals surface area contributed by atoms with Gasteiger partial charge in [-0.2, -0.15) is 0 Å². The van der Waals surface area contributed by atoms with Crippen LogP contribution in [0.25, 0.3) is 21.9 Å². The molecule has 3 aromatic rings. The molecule has 1 aliphatic rings. The SMILES string of the molecule is CC(=CCOc1c2ccoc2cc2oc(=O)ccc12)CC[C@H](OC[C@@H]1O[C@@H](O)[C@H](O)[C@@H](O)[C@@H]1O)C(C)(C)O. The number of furan rings is 1. The Labute approximate surface area is 218 Å². The van der Waals surface area contributed by atoms with Crippen molar-refractivity contribution in [2.75, 3.05) is 13.2 Å². The third kappa shape index (κ3) is 6.26. The van der Waals surface area contributed by atoms with Crippen molar-refractivity contribution in [2.24, 2.45) is 0 Å². The van der Waals surface area contributed by atoms with Crippen LogP contribution in [0.5, 0.6) is 5.75 Å². The number of allylic oxidation sites excluding steroid dienone is 1. The summed E-state index contributed by atoms with van der Waals surface area (Å²) in [6, 6.07) is 6.41. The highest BCUT2D eigenvalue weighted by atomic mass is 16.6. The van der Waals surface area contributed by atoms with E-state index in [9.17, 15) is 30.3 Å². The number of aliphatic hydroxyl groups excluding tert-OH is 4. The fourth-order valence-corrected chi connectivity index (χ4v) is 4.41. The van der Waals surface area contributed by atoms with E-state index in [0.29, 0.717) is 35.1 Å². The van der Waals surface area contributed by atoms with E-state index in [1.807, 2.05) is 13.0 Å². The predicted molar refractivity (Wildman–Crippen MR) is 136 cm³/mol. The minimum Gasteiger partial charge on any atom is -0.488 e. The first kappa shape index (κ1) is 28.2. The average molecular weight is 535 g/mol. The zero-order valence-corrected chi connectivity index (χ0v) is 21.4. The van der Waals surface area contributed by atoms with Crippen molar-refractivity contribution in [1.82, 2.24) is 0 Å². The molecular formula is C27H34O11. The fraction of sp³-hybridized carbons (Fsp3) is 0.519. The zero-order valence-electron chi connectivity index (χ0n) is 21.4. The highest BCUT2D eigenvalue weighted by molar-refractivity contribution is 6.01. The second-order valence-electron chi connectivity index (χ2n) is 10.1. The monoisotopic (exact) mass is 534 g/mol. The van der Waals surface area contributed by atoms with Gasteiger partial charge >= 0.3 is 5.63 Å². The Kier molecular flexibility index (Phi) is 8.58. The maximum atomic E-state index is 11.6. The van der Waals surface area contributed by atoms with Crippen molar-refractivity contribution in [3.8, 4) is 5.75 Å². The topological polar surface area (TPSA) is 172 Å². The first-order chi connectivity index (χ1) is 18.0. The molecule has 2 aromatic heterocycles. The van der Waals surface area contributed by atoms with E-state index in [1.165, 1.54) is 12.3 Å². The Bertz CT molecular complexity index is 1320. The lowest BCUT2D eigenvalue weighted by Gasteiger charge is -2.39. The van der Waals surface area contributed by atoms with Crippen molar-refractivity contribution < 1.29 is 48.6 Å². The van der Waals surface area contributed by atoms with Gasteiger partial charge in [-0.15, -0.1) is 0 Å². The summed E-state index contributed by atoms with van der Waals surface area (Å²) < 4.78 is 27.8. The molecule has 11 heteroatoms. The van der Waals surface area contributed by atoms with Crippen LogP contribution in [0.15, 0.2) is 55.8 Å². The molecule has 0 unspecified atom stereocenters. The van der Waals surface area contributed by atoms with E-state index in [2.05, 4.69) is 0 Å². The summed E-state index contributed by atoms with van der Waals surface area (Å²) in [5.74, 6) is 0.539. The molecule has 6 atom stereocenters. The molecule has 1 aromatic carbocycles. The number of benzene rings is 1. The van der Waals surface area contributed by atoms with Gasteiger partial charge in [0.25, 0.3) is 0 Å². The van der Waals surface area contributed by atoms with Crippen LogP contribution in [-0.2, 0) is 9.47 Å². The molecule has 0 saturated carbocycles. The largest absolute Gasteiger partial charge is 0.488 e. The number of rotatable bonds is 10. The molecule has 208 valence electrons. The first-order valence-electron chi connectivity index (χ1n) is 12.4. The number of hydrogen-bond acceptors (Lipinski definition) is 11. The Morgan fingerprint density at radius 2 is 1.82 bits per heavy atom. The fourth-order valence-electron chi connectivity index (χ4n) is 4.41. The molecule has 4 rings (SSSR count). The summed E-state index contributed by atoms with van der Waals surface area (Å²) in [5.41, 5.74) is 0.174. The third-order valence-electron chi connectivity index (χ3n) is 6.71. The summed E-state index contributed by atoms with van der Waals surface area (Å²) in [6.45, 7) is 5.14. The summed E-state index contributed by atoms with van der Waals surface area (Å²) in [4.78, 5) is 11.6. The van der Waals surface area contributed by atoms with Crippen LogP contribution >= 0.6 is 0 Å². The van der Waals surface area contributed by atoms with Crippen LogP contribution in [0.4, 0.5) is 0 Å². The highest BCUT2D eigenvalue weighted by Crippen LogP contribution is 2.35. The molecule has 3 heterocycles. The maximum absolute atomic E-state index is 11.6. The molecular weight excluding hydrogens is 500 g/mol. The van der Waals surface area contributed by atoms with Gasteiger partial charge in [-0.05, 0) is 51.8 Å². The standard InChI is InChI=1S/C27H34O11/c1-14(4-6-20(27(2,3)33)36-13-19-22(29)23(30)24(31)26(32)38-19)8-10-35-25-15-5-7-21(28)37-18(15)12-17-16(25)9-11-34-17/h5,7-9,11-12,19-20,22-24,26,29-33H,4,6,10,13H2,1-3H3/t19-,20-,22+,23-,24+,26+/m0/s1. The number of ether oxygens (including phenoxy) is 3. The van der Waals surface area contributed by atoms with Crippen LogP contribution in [0, 0.1) is 0 Å². The Hall–Kier alpha value is -2.77. The van der Waals surface area contributed by atoms with E-state index in [1.54, 1.807) is 32.0 Å². The van der Waals surface area contributed by atoms with Gasteiger partial charge in [0, 0.05) is 12.1 Å². The summed E-state index contributed by atoms with van der Waals surface area (Å²) >= 11 is 0. The minimum absolute atomic E-state index is 0.208. The van der Waals surface area contributed by atoms with E-state index < -0.39 is 48.0 Å². The lowest BCUT2D eigenvalue weighted by molar-refractivity contribution is -0.292.